The number of rotatable bonds is 3. The van der Waals surface area contributed by atoms with Crippen molar-refractivity contribution >= 4 is 17.4 Å². The highest BCUT2D eigenvalue weighted by atomic mass is 16.1. The Morgan fingerprint density at radius 1 is 1.18 bits per heavy atom. The highest BCUT2D eigenvalue weighted by Gasteiger charge is 2.03. The second-order valence-corrected chi connectivity index (χ2v) is 3.50. The molecule has 0 radical (unpaired) electrons. The van der Waals surface area contributed by atoms with Crippen LogP contribution in [0.2, 0.25) is 0 Å². The van der Waals surface area contributed by atoms with Gasteiger partial charge in [-0.05, 0) is 30.3 Å². The smallest absolute Gasteiger partial charge is 0.251 e. The minimum absolute atomic E-state index is 0.102. The summed E-state index contributed by atoms with van der Waals surface area (Å²) in [5.41, 5.74) is 1.46. The van der Waals surface area contributed by atoms with E-state index in [9.17, 15) is 4.79 Å². The summed E-state index contributed by atoms with van der Waals surface area (Å²) in [7, 11) is 1.61. The summed E-state index contributed by atoms with van der Waals surface area (Å²) in [6, 6.07) is 12.9. The molecule has 0 unspecified atom stereocenters. The Morgan fingerprint density at radius 3 is 2.76 bits per heavy atom. The van der Waals surface area contributed by atoms with Gasteiger partial charge in [0.15, 0.2) is 0 Å². The molecule has 0 saturated heterocycles. The zero-order valence-electron chi connectivity index (χ0n) is 9.47. The van der Waals surface area contributed by atoms with Crippen LogP contribution in [0.15, 0.2) is 48.7 Å². The molecule has 0 aliphatic heterocycles. The van der Waals surface area contributed by atoms with E-state index in [2.05, 4.69) is 15.6 Å². The average molecular weight is 227 g/mol. The Kier molecular flexibility index (Phi) is 3.35. The molecule has 0 aliphatic rings. The van der Waals surface area contributed by atoms with Crippen molar-refractivity contribution < 1.29 is 4.79 Å². The van der Waals surface area contributed by atoms with Crippen molar-refractivity contribution in [2.75, 3.05) is 12.4 Å². The molecule has 2 aromatic rings. The van der Waals surface area contributed by atoms with Crippen LogP contribution in [0.5, 0.6) is 0 Å². The molecule has 1 heterocycles. The first kappa shape index (κ1) is 11.1. The fourth-order valence-corrected chi connectivity index (χ4v) is 1.47. The van der Waals surface area contributed by atoms with Crippen molar-refractivity contribution in [2.45, 2.75) is 0 Å². The predicted octanol–water partition coefficient (Wildman–Crippen LogP) is 2.18. The second kappa shape index (κ2) is 5.12. The van der Waals surface area contributed by atoms with Gasteiger partial charge in [0, 0.05) is 24.5 Å². The average Bonchev–Trinajstić information content (AvgIpc) is 2.39. The number of benzene rings is 1. The molecule has 17 heavy (non-hydrogen) atoms. The number of carbonyl (C=O) groups excluding carboxylic acids is 1. The van der Waals surface area contributed by atoms with E-state index in [-0.39, 0.29) is 5.91 Å². The first-order valence-electron chi connectivity index (χ1n) is 5.30. The maximum Gasteiger partial charge on any atom is 0.251 e. The van der Waals surface area contributed by atoms with E-state index < -0.39 is 0 Å². The molecule has 2 N–H and O–H groups in total. The van der Waals surface area contributed by atoms with Gasteiger partial charge in [-0.2, -0.15) is 0 Å². The summed E-state index contributed by atoms with van der Waals surface area (Å²) in [6.45, 7) is 0. The van der Waals surface area contributed by atoms with Crippen molar-refractivity contribution in [1.82, 2.24) is 10.3 Å². The lowest BCUT2D eigenvalue weighted by atomic mass is 10.2. The molecule has 1 aromatic heterocycles. The third kappa shape index (κ3) is 2.81. The van der Waals surface area contributed by atoms with Crippen molar-refractivity contribution in [1.29, 1.82) is 0 Å². The van der Waals surface area contributed by atoms with Crippen molar-refractivity contribution in [3.8, 4) is 0 Å². The number of aromatic nitrogens is 1. The lowest BCUT2D eigenvalue weighted by Crippen LogP contribution is -2.17. The van der Waals surface area contributed by atoms with Crippen LogP contribution in [0.3, 0.4) is 0 Å². The van der Waals surface area contributed by atoms with Crippen LogP contribution in [0.4, 0.5) is 11.5 Å². The van der Waals surface area contributed by atoms with Crippen molar-refractivity contribution in [2.24, 2.45) is 0 Å². The third-order valence-electron chi connectivity index (χ3n) is 2.29. The summed E-state index contributed by atoms with van der Waals surface area (Å²) in [4.78, 5) is 15.6. The van der Waals surface area contributed by atoms with Gasteiger partial charge in [0.2, 0.25) is 0 Å². The van der Waals surface area contributed by atoms with Crippen molar-refractivity contribution in [3.63, 3.8) is 0 Å². The second-order valence-electron chi connectivity index (χ2n) is 3.50. The van der Waals surface area contributed by atoms with Crippen LogP contribution in [0.1, 0.15) is 10.4 Å². The fraction of sp³-hybridized carbons (Fsp3) is 0.0769. The Labute approximate surface area is 99.7 Å². The van der Waals surface area contributed by atoms with Crippen LogP contribution >= 0.6 is 0 Å². The molecule has 0 bridgehead atoms. The topological polar surface area (TPSA) is 54.0 Å². The zero-order chi connectivity index (χ0) is 12.1. The number of nitrogens with one attached hydrogen (secondary N) is 2. The van der Waals surface area contributed by atoms with E-state index in [0.717, 1.165) is 11.5 Å². The molecule has 1 amide bonds. The molecule has 0 saturated carbocycles. The highest BCUT2D eigenvalue weighted by Crippen LogP contribution is 2.15. The van der Waals surface area contributed by atoms with Crippen LogP contribution in [0.25, 0.3) is 0 Å². The monoisotopic (exact) mass is 227 g/mol. The first-order chi connectivity index (χ1) is 8.29. The van der Waals surface area contributed by atoms with Gasteiger partial charge < -0.3 is 10.6 Å². The molecule has 1 aromatic carbocycles. The summed E-state index contributed by atoms with van der Waals surface area (Å²) in [5, 5.41) is 5.72. The van der Waals surface area contributed by atoms with Gasteiger partial charge >= 0.3 is 0 Å². The largest absolute Gasteiger partial charge is 0.355 e. The van der Waals surface area contributed by atoms with Gasteiger partial charge in [-0.25, -0.2) is 4.98 Å². The highest BCUT2D eigenvalue weighted by molar-refractivity contribution is 5.95. The quantitative estimate of drug-likeness (QED) is 0.845. The molecule has 0 spiro atoms. The molecular weight excluding hydrogens is 214 g/mol. The lowest BCUT2D eigenvalue weighted by Gasteiger charge is -2.06. The normalized spacial score (nSPS) is 9.71. The van der Waals surface area contributed by atoms with E-state index in [1.54, 1.807) is 25.4 Å². The first-order valence-corrected chi connectivity index (χ1v) is 5.30. The number of amides is 1. The fourth-order valence-electron chi connectivity index (χ4n) is 1.47. The standard InChI is InChI=1S/C13H13N3O/c1-14-13(17)10-5-4-6-11(9-10)16-12-7-2-3-8-15-12/h2-9H,1H3,(H,14,17)(H,15,16). The Bertz CT molecular complexity index is 511. The van der Waals surface area contributed by atoms with Gasteiger partial charge in [-0.1, -0.05) is 12.1 Å². The van der Waals surface area contributed by atoms with Gasteiger partial charge in [0.1, 0.15) is 5.82 Å². The molecule has 4 nitrogen and oxygen atoms in total. The third-order valence-corrected chi connectivity index (χ3v) is 2.29. The van der Waals surface area contributed by atoms with E-state index >= 15 is 0 Å². The Hall–Kier alpha value is -2.36. The van der Waals surface area contributed by atoms with E-state index in [0.29, 0.717) is 5.56 Å². The van der Waals surface area contributed by atoms with Crippen LogP contribution in [-0.4, -0.2) is 17.9 Å². The minimum atomic E-state index is -0.102. The van der Waals surface area contributed by atoms with Crippen LogP contribution in [-0.2, 0) is 0 Å². The molecule has 0 aliphatic carbocycles. The van der Waals surface area contributed by atoms with Gasteiger partial charge in [0.05, 0.1) is 0 Å². The number of carbonyl (C=O) groups is 1. The van der Waals surface area contributed by atoms with E-state index in [1.165, 1.54) is 0 Å². The molecule has 2 rings (SSSR count). The summed E-state index contributed by atoms with van der Waals surface area (Å²) >= 11 is 0. The summed E-state index contributed by atoms with van der Waals surface area (Å²) < 4.78 is 0. The van der Waals surface area contributed by atoms with Gasteiger partial charge in [-0.3, -0.25) is 4.79 Å². The molecule has 4 heteroatoms. The minimum Gasteiger partial charge on any atom is -0.355 e. The molecule has 86 valence electrons. The molecular formula is C13H13N3O. The SMILES string of the molecule is CNC(=O)c1cccc(Nc2ccccn2)c1. The number of anilines is 2. The number of pyridine rings is 1. The van der Waals surface area contributed by atoms with E-state index in [1.807, 2.05) is 30.3 Å². The van der Waals surface area contributed by atoms with Crippen LogP contribution in [0, 0.1) is 0 Å². The summed E-state index contributed by atoms with van der Waals surface area (Å²) in [6.07, 6.45) is 1.71. The lowest BCUT2D eigenvalue weighted by molar-refractivity contribution is 0.0963. The number of nitrogens with zero attached hydrogens (tertiary/aromatic N) is 1. The molecule has 0 fully saturated rings. The Balaban J connectivity index is 2.20. The summed E-state index contributed by atoms with van der Waals surface area (Å²) in [5.74, 6) is 0.649. The van der Waals surface area contributed by atoms with E-state index in [4.69, 9.17) is 0 Å². The number of hydrogen-bond acceptors (Lipinski definition) is 3. The zero-order valence-corrected chi connectivity index (χ0v) is 9.47. The maximum atomic E-state index is 11.5. The number of hydrogen-bond donors (Lipinski definition) is 2. The van der Waals surface area contributed by atoms with Crippen molar-refractivity contribution in [3.05, 3.63) is 54.2 Å². The predicted molar refractivity (Wildman–Crippen MR) is 67.4 cm³/mol. The Morgan fingerprint density at radius 2 is 2.06 bits per heavy atom. The van der Waals surface area contributed by atoms with Gasteiger partial charge in [0.25, 0.3) is 5.91 Å². The molecule has 0 atom stereocenters. The maximum absolute atomic E-state index is 11.5. The van der Waals surface area contributed by atoms with Crippen LogP contribution < -0.4 is 10.6 Å². The van der Waals surface area contributed by atoms with Gasteiger partial charge in [-0.15, -0.1) is 0 Å².